The summed E-state index contributed by atoms with van der Waals surface area (Å²) in [5, 5.41) is 4.33. The molecule has 328 valence electrons. The standard InChI is InChI=1S/C37H29NO2.C24H19BrO2/c1-5-13-28(14-6-1)26-39-34-22-21-32-24-35(36(25-33(32)23-34)40-27-29-15-7-2-8-16-29)38-37(30-17-9-3-10-18-30)31-19-11-4-12-20-31;25-23-14-20-11-12-22(26-16-18-7-3-1-4-8-18)13-21(20)15-24(23)27-17-19-9-5-2-6-10-19/h1-25H,26-27H2;1-15H,16-17H2. The fraction of sp³-hybridized carbons (Fsp3) is 0.0656. The monoisotopic (exact) mass is 937 g/mol. The normalized spacial score (nSPS) is 10.7. The van der Waals surface area contributed by atoms with Crippen LogP contribution in [0, 0.1) is 0 Å². The molecule has 0 saturated heterocycles. The second-order valence-electron chi connectivity index (χ2n) is 15.9. The first-order valence-electron chi connectivity index (χ1n) is 22.3. The molecule has 0 heterocycles. The Kier molecular flexibility index (Phi) is 14.7. The van der Waals surface area contributed by atoms with Crippen molar-refractivity contribution in [1.29, 1.82) is 0 Å². The number of rotatable bonds is 15. The van der Waals surface area contributed by atoms with Crippen molar-refractivity contribution in [2.45, 2.75) is 26.4 Å². The summed E-state index contributed by atoms with van der Waals surface area (Å²) in [6.45, 7) is 2.06. The topological polar surface area (TPSA) is 49.3 Å². The predicted octanol–water partition coefficient (Wildman–Crippen LogP) is 15.9. The van der Waals surface area contributed by atoms with E-state index >= 15 is 0 Å². The number of aliphatic imine (C=N–C) groups is 1. The molecule has 0 radical (unpaired) electrons. The van der Waals surface area contributed by atoms with Crippen LogP contribution in [0.15, 0.2) is 252 Å². The summed E-state index contributed by atoms with van der Waals surface area (Å²) in [7, 11) is 0. The van der Waals surface area contributed by atoms with Crippen LogP contribution in [0.4, 0.5) is 5.69 Å². The minimum atomic E-state index is 0.449. The van der Waals surface area contributed by atoms with Crippen LogP contribution in [0.3, 0.4) is 0 Å². The molecule has 0 aliphatic rings. The predicted molar refractivity (Wildman–Crippen MR) is 277 cm³/mol. The van der Waals surface area contributed by atoms with Gasteiger partial charge in [0, 0.05) is 11.1 Å². The lowest BCUT2D eigenvalue weighted by Crippen LogP contribution is -2.03. The molecule has 0 aliphatic heterocycles. The number of hydrogen-bond acceptors (Lipinski definition) is 5. The number of hydrogen-bond donors (Lipinski definition) is 0. The van der Waals surface area contributed by atoms with Crippen molar-refractivity contribution in [3.8, 4) is 23.0 Å². The van der Waals surface area contributed by atoms with E-state index in [2.05, 4.69) is 137 Å². The van der Waals surface area contributed by atoms with Gasteiger partial charge in [0.2, 0.25) is 0 Å². The minimum Gasteiger partial charge on any atom is -0.489 e. The summed E-state index contributed by atoms with van der Waals surface area (Å²) >= 11 is 3.61. The van der Waals surface area contributed by atoms with Crippen LogP contribution in [0.1, 0.15) is 33.4 Å². The largest absolute Gasteiger partial charge is 0.489 e. The lowest BCUT2D eigenvalue weighted by molar-refractivity contribution is 0.304. The Hall–Kier alpha value is -7.93. The molecule has 0 aromatic heterocycles. The molecule has 6 heteroatoms. The van der Waals surface area contributed by atoms with Crippen molar-refractivity contribution in [1.82, 2.24) is 0 Å². The van der Waals surface area contributed by atoms with Crippen LogP contribution in [-0.2, 0) is 26.4 Å². The quantitative estimate of drug-likeness (QED) is 0.0961. The molecule has 0 spiro atoms. The molecule has 0 unspecified atom stereocenters. The van der Waals surface area contributed by atoms with Gasteiger partial charge in [-0.1, -0.05) is 194 Å². The minimum absolute atomic E-state index is 0.449. The second kappa shape index (κ2) is 22.3. The van der Waals surface area contributed by atoms with E-state index in [1.54, 1.807) is 0 Å². The maximum Gasteiger partial charge on any atom is 0.146 e. The molecule has 10 aromatic carbocycles. The van der Waals surface area contributed by atoms with Gasteiger partial charge < -0.3 is 18.9 Å². The van der Waals surface area contributed by atoms with Gasteiger partial charge in [-0.25, -0.2) is 4.99 Å². The highest BCUT2D eigenvalue weighted by atomic mass is 79.9. The van der Waals surface area contributed by atoms with Gasteiger partial charge in [0.05, 0.1) is 10.2 Å². The summed E-state index contributed by atoms with van der Waals surface area (Å²) < 4.78 is 25.4. The van der Waals surface area contributed by atoms with E-state index in [1.807, 2.05) is 121 Å². The highest BCUT2D eigenvalue weighted by Gasteiger charge is 2.13. The van der Waals surface area contributed by atoms with Gasteiger partial charge in [-0.3, -0.25) is 0 Å². The van der Waals surface area contributed by atoms with E-state index in [9.17, 15) is 0 Å². The number of benzene rings is 10. The second-order valence-corrected chi connectivity index (χ2v) is 16.8. The summed E-state index contributed by atoms with van der Waals surface area (Å²) in [6, 6.07) is 81.9. The smallest absolute Gasteiger partial charge is 0.146 e. The van der Waals surface area contributed by atoms with Crippen molar-refractivity contribution in [3.05, 3.63) is 281 Å². The molecule has 0 fully saturated rings. The van der Waals surface area contributed by atoms with E-state index in [0.29, 0.717) is 26.4 Å². The van der Waals surface area contributed by atoms with Gasteiger partial charge in [-0.05, 0) is 108 Å². The zero-order valence-electron chi connectivity index (χ0n) is 36.9. The first-order valence-corrected chi connectivity index (χ1v) is 23.1. The molecule has 10 aromatic rings. The number of nitrogens with zero attached hydrogens (tertiary/aromatic N) is 1. The third-order valence-corrected chi connectivity index (χ3v) is 11.7. The highest BCUT2D eigenvalue weighted by Crippen LogP contribution is 2.37. The molecular formula is C61H48BrNO4. The molecule has 5 nitrogen and oxygen atoms in total. The fourth-order valence-corrected chi connectivity index (χ4v) is 8.00. The molecular weight excluding hydrogens is 891 g/mol. The highest BCUT2D eigenvalue weighted by molar-refractivity contribution is 9.10. The SMILES string of the molecule is Brc1cc2ccc(OCc3ccccc3)cc2cc1OCc1ccccc1.c1ccc(COc2ccc3cc(N=C(c4ccccc4)c4ccccc4)c(OCc4ccccc4)cc3c2)cc1. The van der Waals surface area contributed by atoms with Gasteiger partial charge in [-0.2, -0.15) is 0 Å². The first-order chi connectivity index (χ1) is 33.1. The maximum absolute atomic E-state index is 6.43. The third-order valence-electron chi connectivity index (χ3n) is 11.0. The van der Waals surface area contributed by atoms with Crippen LogP contribution < -0.4 is 18.9 Å². The Labute approximate surface area is 400 Å². The van der Waals surface area contributed by atoms with Crippen LogP contribution >= 0.6 is 15.9 Å². The van der Waals surface area contributed by atoms with Crippen LogP contribution in [0.5, 0.6) is 23.0 Å². The van der Waals surface area contributed by atoms with Gasteiger partial charge in [-0.15, -0.1) is 0 Å². The Morgan fingerprint density at radius 1 is 0.328 bits per heavy atom. The van der Waals surface area contributed by atoms with Crippen molar-refractivity contribution in [2.75, 3.05) is 0 Å². The van der Waals surface area contributed by atoms with Crippen LogP contribution in [-0.4, -0.2) is 5.71 Å². The lowest BCUT2D eigenvalue weighted by Gasteiger charge is -2.14. The lowest BCUT2D eigenvalue weighted by atomic mass is 10.0. The first kappa shape index (κ1) is 44.3. The van der Waals surface area contributed by atoms with E-state index in [0.717, 1.165) is 93.8 Å². The van der Waals surface area contributed by atoms with E-state index in [-0.39, 0.29) is 0 Å². The van der Waals surface area contributed by atoms with Crippen molar-refractivity contribution in [3.63, 3.8) is 0 Å². The average Bonchev–Trinajstić information content (AvgIpc) is 3.39. The molecule has 0 saturated carbocycles. The molecule has 0 atom stereocenters. The molecule has 0 bridgehead atoms. The van der Waals surface area contributed by atoms with Crippen molar-refractivity contribution < 1.29 is 18.9 Å². The van der Waals surface area contributed by atoms with E-state index < -0.39 is 0 Å². The van der Waals surface area contributed by atoms with Gasteiger partial charge in [0.15, 0.2) is 0 Å². The van der Waals surface area contributed by atoms with Crippen molar-refractivity contribution >= 4 is 48.9 Å². The molecule has 10 rings (SSSR count). The number of ether oxygens (including phenoxy) is 4. The van der Waals surface area contributed by atoms with Gasteiger partial charge >= 0.3 is 0 Å². The summed E-state index contributed by atoms with van der Waals surface area (Å²) in [5.41, 5.74) is 8.30. The van der Waals surface area contributed by atoms with Gasteiger partial charge in [0.1, 0.15) is 55.1 Å². The Morgan fingerprint density at radius 2 is 0.687 bits per heavy atom. The van der Waals surface area contributed by atoms with Gasteiger partial charge in [0.25, 0.3) is 0 Å². The fourth-order valence-electron chi connectivity index (χ4n) is 7.52. The van der Waals surface area contributed by atoms with Crippen LogP contribution in [0.25, 0.3) is 21.5 Å². The summed E-state index contributed by atoms with van der Waals surface area (Å²) in [6.07, 6.45) is 0. The van der Waals surface area contributed by atoms with E-state index in [1.165, 1.54) is 0 Å². The van der Waals surface area contributed by atoms with Crippen LogP contribution in [0.2, 0.25) is 0 Å². The molecule has 67 heavy (non-hydrogen) atoms. The van der Waals surface area contributed by atoms with Crippen molar-refractivity contribution in [2.24, 2.45) is 4.99 Å². The zero-order chi connectivity index (χ0) is 45.5. The maximum atomic E-state index is 6.43. The zero-order valence-corrected chi connectivity index (χ0v) is 38.5. The Bertz CT molecular complexity index is 3130. The average molecular weight is 939 g/mol. The Morgan fingerprint density at radius 3 is 1.12 bits per heavy atom. The summed E-state index contributed by atoms with van der Waals surface area (Å²) in [5.74, 6) is 3.21. The van der Waals surface area contributed by atoms with E-state index in [4.69, 9.17) is 23.9 Å². The number of fused-ring (bicyclic) bond motifs is 2. The summed E-state index contributed by atoms with van der Waals surface area (Å²) in [4.78, 5) is 5.22. The molecule has 0 aliphatic carbocycles. The Balaban J connectivity index is 0.000000181. The number of halogens is 1. The third kappa shape index (κ3) is 12.3. The molecule has 0 amide bonds. The molecule has 0 N–H and O–H groups in total.